The zero-order valence-corrected chi connectivity index (χ0v) is 9.61. The molecule has 0 amide bonds. The second-order valence-electron chi connectivity index (χ2n) is 5.09. The number of benzene rings is 1. The molecule has 1 aromatic carbocycles. The van der Waals surface area contributed by atoms with Crippen molar-refractivity contribution >= 4 is 0 Å². The van der Waals surface area contributed by atoms with Crippen LogP contribution in [-0.4, -0.2) is 5.11 Å². The highest BCUT2D eigenvalue weighted by Gasteiger charge is 2.36. The van der Waals surface area contributed by atoms with E-state index in [1.165, 1.54) is 0 Å². The van der Waals surface area contributed by atoms with Crippen LogP contribution in [0.4, 0.5) is 0 Å². The predicted octanol–water partition coefficient (Wildman–Crippen LogP) is 3.33. The second-order valence-corrected chi connectivity index (χ2v) is 5.09. The van der Waals surface area contributed by atoms with Gasteiger partial charge in [0.05, 0.1) is 5.60 Å². The van der Waals surface area contributed by atoms with Crippen molar-refractivity contribution in [2.24, 2.45) is 11.8 Å². The van der Waals surface area contributed by atoms with Gasteiger partial charge in [-0.05, 0) is 36.7 Å². The molecule has 0 saturated heterocycles. The first-order valence-corrected chi connectivity index (χ1v) is 5.90. The van der Waals surface area contributed by atoms with Crippen molar-refractivity contribution in [2.45, 2.75) is 38.7 Å². The zero-order valence-electron chi connectivity index (χ0n) is 9.61. The molecular formula is C14H20O. The van der Waals surface area contributed by atoms with Gasteiger partial charge < -0.3 is 5.11 Å². The molecule has 2 rings (SSSR count). The molecule has 0 bridgehead atoms. The third-order valence-corrected chi connectivity index (χ3v) is 3.96. The van der Waals surface area contributed by atoms with Gasteiger partial charge in [-0.15, -0.1) is 0 Å². The van der Waals surface area contributed by atoms with Crippen LogP contribution in [-0.2, 0) is 5.60 Å². The number of hydrogen-bond donors (Lipinski definition) is 1. The molecule has 15 heavy (non-hydrogen) atoms. The molecule has 1 nitrogen and oxygen atoms in total. The van der Waals surface area contributed by atoms with Gasteiger partial charge in [0.1, 0.15) is 0 Å². The summed E-state index contributed by atoms with van der Waals surface area (Å²) in [5.74, 6) is 1.36. The fourth-order valence-corrected chi connectivity index (χ4v) is 2.60. The van der Waals surface area contributed by atoms with Crippen molar-refractivity contribution in [3.8, 4) is 0 Å². The molecule has 3 atom stereocenters. The van der Waals surface area contributed by atoms with Crippen LogP contribution in [0.5, 0.6) is 0 Å². The van der Waals surface area contributed by atoms with Gasteiger partial charge in [-0.3, -0.25) is 0 Å². The van der Waals surface area contributed by atoms with E-state index in [1.807, 2.05) is 30.3 Å². The third-order valence-electron chi connectivity index (χ3n) is 3.96. The minimum atomic E-state index is -0.576. The fourth-order valence-electron chi connectivity index (χ4n) is 2.60. The molecule has 1 aromatic rings. The van der Waals surface area contributed by atoms with E-state index in [1.54, 1.807) is 0 Å². The Hall–Kier alpha value is -0.820. The Labute approximate surface area is 92.1 Å². The molecule has 1 saturated carbocycles. The minimum absolute atomic E-state index is 0.576. The first-order valence-electron chi connectivity index (χ1n) is 5.90. The van der Waals surface area contributed by atoms with E-state index in [-0.39, 0.29) is 0 Å². The molecule has 0 radical (unpaired) electrons. The highest BCUT2D eigenvalue weighted by molar-refractivity contribution is 5.23. The van der Waals surface area contributed by atoms with Gasteiger partial charge in [0.25, 0.3) is 0 Å². The Kier molecular flexibility index (Phi) is 2.83. The lowest BCUT2D eigenvalue weighted by atomic mass is 9.70. The van der Waals surface area contributed by atoms with Crippen molar-refractivity contribution in [3.63, 3.8) is 0 Å². The molecule has 82 valence electrons. The van der Waals surface area contributed by atoms with E-state index in [0.717, 1.165) is 30.7 Å². The summed E-state index contributed by atoms with van der Waals surface area (Å²) >= 11 is 0. The molecule has 0 unspecified atom stereocenters. The summed E-state index contributed by atoms with van der Waals surface area (Å²) in [6, 6.07) is 10.1. The van der Waals surface area contributed by atoms with Crippen molar-refractivity contribution in [3.05, 3.63) is 35.9 Å². The van der Waals surface area contributed by atoms with Crippen molar-refractivity contribution in [2.75, 3.05) is 0 Å². The van der Waals surface area contributed by atoms with E-state index in [4.69, 9.17) is 0 Å². The summed E-state index contributed by atoms with van der Waals surface area (Å²) in [5.41, 5.74) is 0.511. The molecule has 0 aromatic heterocycles. The Morgan fingerprint density at radius 3 is 2.40 bits per heavy atom. The van der Waals surface area contributed by atoms with E-state index in [9.17, 15) is 5.11 Å². The molecule has 1 N–H and O–H groups in total. The van der Waals surface area contributed by atoms with E-state index < -0.39 is 5.60 Å². The van der Waals surface area contributed by atoms with E-state index >= 15 is 0 Å². The fraction of sp³-hybridized carbons (Fsp3) is 0.571. The van der Waals surface area contributed by atoms with Crippen molar-refractivity contribution in [1.29, 1.82) is 0 Å². The van der Waals surface area contributed by atoms with Crippen LogP contribution >= 0.6 is 0 Å². The lowest BCUT2D eigenvalue weighted by Gasteiger charge is -2.39. The Morgan fingerprint density at radius 1 is 1.13 bits per heavy atom. The maximum absolute atomic E-state index is 10.6. The van der Waals surface area contributed by atoms with Gasteiger partial charge >= 0.3 is 0 Å². The highest BCUT2D eigenvalue weighted by atomic mass is 16.3. The first-order chi connectivity index (χ1) is 7.12. The lowest BCUT2D eigenvalue weighted by Crippen LogP contribution is -2.35. The molecule has 1 aliphatic rings. The van der Waals surface area contributed by atoms with E-state index in [0.29, 0.717) is 5.92 Å². The maximum atomic E-state index is 10.6. The molecule has 1 fully saturated rings. The summed E-state index contributed by atoms with van der Waals surface area (Å²) < 4.78 is 0. The predicted molar refractivity (Wildman–Crippen MR) is 62.5 cm³/mol. The third kappa shape index (κ3) is 2.07. The Morgan fingerprint density at radius 2 is 1.80 bits per heavy atom. The number of rotatable bonds is 1. The Bertz CT molecular complexity index is 319. The largest absolute Gasteiger partial charge is 0.385 e. The summed E-state index contributed by atoms with van der Waals surface area (Å²) in [6.45, 7) is 4.53. The maximum Gasteiger partial charge on any atom is 0.0899 e. The minimum Gasteiger partial charge on any atom is -0.385 e. The molecule has 0 aliphatic heterocycles. The topological polar surface area (TPSA) is 20.2 Å². The Balaban J connectivity index is 2.21. The average molecular weight is 204 g/mol. The molecule has 1 aliphatic carbocycles. The van der Waals surface area contributed by atoms with Gasteiger partial charge in [0, 0.05) is 0 Å². The van der Waals surface area contributed by atoms with Gasteiger partial charge in [-0.1, -0.05) is 44.2 Å². The summed E-state index contributed by atoms with van der Waals surface area (Å²) in [5, 5.41) is 10.6. The molecular weight excluding hydrogens is 184 g/mol. The quantitative estimate of drug-likeness (QED) is 0.744. The summed E-state index contributed by atoms with van der Waals surface area (Å²) in [7, 11) is 0. The zero-order chi connectivity index (χ0) is 10.9. The molecule has 0 spiro atoms. The van der Waals surface area contributed by atoms with Crippen LogP contribution in [0.3, 0.4) is 0 Å². The standard InChI is InChI=1S/C14H20O/c1-11-8-9-14(15,10-12(11)2)13-6-4-3-5-7-13/h3-7,11-12,15H,8-10H2,1-2H3/t11-,12-,14+/m1/s1. The molecule has 1 heteroatoms. The van der Waals surface area contributed by atoms with Crippen LogP contribution in [0.25, 0.3) is 0 Å². The van der Waals surface area contributed by atoms with Gasteiger partial charge in [0.15, 0.2) is 0 Å². The van der Waals surface area contributed by atoms with Crippen LogP contribution in [0.15, 0.2) is 30.3 Å². The number of aliphatic hydroxyl groups is 1. The highest BCUT2D eigenvalue weighted by Crippen LogP contribution is 2.42. The monoisotopic (exact) mass is 204 g/mol. The average Bonchev–Trinajstić information content (AvgIpc) is 2.26. The lowest BCUT2D eigenvalue weighted by molar-refractivity contribution is -0.0336. The van der Waals surface area contributed by atoms with Crippen molar-refractivity contribution in [1.82, 2.24) is 0 Å². The normalized spacial score (nSPS) is 36.5. The van der Waals surface area contributed by atoms with Crippen LogP contribution in [0.2, 0.25) is 0 Å². The van der Waals surface area contributed by atoms with Gasteiger partial charge in [-0.25, -0.2) is 0 Å². The summed E-state index contributed by atoms with van der Waals surface area (Å²) in [4.78, 5) is 0. The molecule has 0 heterocycles. The number of hydrogen-bond acceptors (Lipinski definition) is 1. The van der Waals surface area contributed by atoms with Crippen LogP contribution in [0, 0.1) is 11.8 Å². The van der Waals surface area contributed by atoms with Crippen LogP contribution in [0.1, 0.15) is 38.7 Å². The summed E-state index contributed by atoms with van der Waals surface area (Å²) in [6.07, 6.45) is 2.94. The van der Waals surface area contributed by atoms with Crippen LogP contribution < -0.4 is 0 Å². The van der Waals surface area contributed by atoms with Crippen molar-refractivity contribution < 1.29 is 5.11 Å². The van der Waals surface area contributed by atoms with Gasteiger partial charge in [-0.2, -0.15) is 0 Å². The SMILES string of the molecule is C[C@@H]1CC[C@@](O)(c2ccccc2)C[C@H]1C. The van der Waals surface area contributed by atoms with E-state index in [2.05, 4.69) is 13.8 Å². The second kappa shape index (κ2) is 3.97. The first kappa shape index (κ1) is 10.7. The van der Waals surface area contributed by atoms with Gasteiger partial charge in [0.2, 0.25) is 0 Å². The smallest absolute Gasteiger partial charge is 0.0899 e.